The number of nitrogens with zero attached hydrogens (tertiary/aromatic N) is 3. The third-order valence-corrected chi connectivity index (χ3v) is 4.81. The van der Waals surface area contributed by atoms with Crippen molar-refractivity contribution in [1.82, 2.24) is 4.90 Å². The fraction of sp³-hybridized carbons (Fsp3) is 0.278. The van der Waals surface area contributed by atoms with Crippen molar-refractivity contribution in [2.45, 2.75) is 0 Å². The third-order valence-electron chi connectivity index (χ3n) is 4.34. The number of hydrogen-bond donors (Lipinski definition) is 1. The van der Waals surface area contributed by atoms with Gasteiger partial charge in [-0.05, 0) is 30.3 Å². The van der Waals surface area contributed by atoms with Crippen molar-refractivity contribution in [3.63, 3.8) is 0 Å². The molecule has 0 atom stereocenters. The molecule has 1 aliphatic rings. The Morgan fingerprint density at radius 1 is 1.07 bits per heavy atom. The maximum absolute atomic E-state index is 12.3. The maximum atomic E-state index is 12.3. The fourth-order valence-electron chi connectivity index (χ4n) is 3.00. The van der Waals surface area contributed by atoms with Gasteiger partial charge in [0.25, 0.3) is 5.69 Å². The summed E-state index contributed by atoms with van der Waals surface area (Å²) in [5, 5.41) is 14.7. The number of benzene rings is 2. The average Bonchev–Trinajstić information content (AvgIpc) is 2.62. The minimum Gasteiger partial charge on any atom is -0.369 e. The van der Waals surface area contributed by atoms with E-state index in [2.05, 4.69) is 10.2 Å². The molecule has 0 unspecified atom stereocenters. The first-order valence-corrected chi connectivity index (χ1v) is 9.14. The second-order valence-corrected chi connectivity index (χ2v) is 7.08. The van der Waals surface area contributed by atoms with Gasteiger partial charge in [0, 0.05) is 48.0 Å². The molecule has 2 aromatic carbocycles. The number of halogens is 2. The highest BCUT2D eigenvalue weighted by Crippen LogP contribution is 2.27. The van der Waals surface area contributed by atoms with Crippen LogP contribution in [0.1, 0.15) is 0 Å². The van der Waals surface area contributed by atoms with E-state index in [9.17, 15) is 14.9 Å². The molecule has 7 nitrogen and oxygen atoms in total. The molecule has 9 heteroatoms. The Balaban J connectivity index is 1.56. The van der Waals surface area contributed by atoms with Crippen molar-refractivity contribution in [1.29, 1.82) is 0 Å². The highest BCUT2D eigenvalue weighted by atomic mass is 35.5. The van der Waals surface area contributed by atoms with Crippen LogP contribution in [0.2, 0.25) is 10.0 Å². The molecule has 2 aromatic rings. The molecule has 0 radical (unpaired) electrons. The zero-order valence-corrected chi connectivity index (χ0v) is 15.9. The Bertz CT molecular complexity index is 854. The highest BCUT2D eigenvalue weighted by molar-refractivity contribution is 6.31. The summed E-state index contributed by atoms with van der Waals surface area (Å²) >= 11 is 11.9. The van der Waals surface area contributed by atoms with E-state index < -0.39 is 4.92 Å². The summed E-state index contributed by atoms with van der Waals surface area (Å²) in [6.07, 6.45) is 0. The summed E-state index contributed by atoms with van der Waals surface area (Å²) in [5.41, 5.74) is 0.981. The van der Waals surface area contributed by atoms with Gasteiger partial charge in [-0.25, -0.2) is 0 Å². The first-order valence-electron chi connectivity index (χ1n) is 8.39. The summed E-state index contributed by atoms with van der Waals surface area (Å²) in [6, 6.07) is 11.8. The van der Waals surface area contributed by atoms with E-state index >= 15 is 0 Å². The van der Waals surface area contributed by atoms with E-state index in [0.29, 0.717) is 23.1 Å². The molecule has 0 spiro atoms. The van der Waals surface area contributed by atoms with Crippen LogP contribution in [0.25, 0.3) is 0 Å². The van der Waals surface area contributed by atoms with Crippen LogP contribution in [0.15, 0.2) is 42.5 Å². The molecule has 1 amide bonds. The SMILES string of the molecule is O=C(CN1CCN(c2cccc(Cl)c2)CC1)Nc1cc(Cl)ccc1[N+](=O)[O-]. The average molecular weight is 409 g/mol. The van der Waals surface area contributed by atoms with Crippen LogP contribution in [0.3, 0.4) is 0 Å². The minimum absolute atomic E-state index is 0.107. The van der Waals surface area contributed by atoms with Crippen LogP contribution < -0.4 is 10.2 Å². The number of nitrogens with one attached hydrogen (secondary N) is 1. The molecule has 1 heterocycles. The zero-order valence-electron chi connectivity index (χ0n) is 14.4. The second kappa shape index (κ2) is 8.56. The predicted octanol–water partition coefficient (Wildman–Crippen LogP) is 3.66. The summed E-state index contributed by atoms with van der Waals surface area (Å²) in [5.74, 6) is -0.309. The van der Waals surface area contributed by atoms with Crippen LogP contribution in [0.5, 0.6) is 0 Å². The Labute approximate surface area is 166 Å². The van der Waals surface area contributed by atoms with E-state index in [-0.39, 0.29) is 23.8 Å². The number of carbonyl (C=O) groups is 1. The molecule has 0 saturated carbocycles. The van der Waals surface area contributed by atoms with Crippen LogP contribution in [0.4, 0.5) is 17.1 Å². The third kappa shape index (κ3) is 5.09. The van der Waals surface area contributed by atoms with Crippen LogP contribution >= 0.6 is 23.2 Å². The van der Waals surface area contributed by atoms with Gasteiger partial charge < -0.3 is 10.2 Å². The molecule has 1 saturated heterocycles. The standard InChI is InChI=1S/C18H18Cl2N4O3/c19-13-2-1-3-15(10-13)23-8-6-22(7-9-23)12-18(25)21-16-11-14(20)4-5-17(16)24(26)27/h1-5,10-11H,6-9,12H2,(H,21,25). The van der Waals surface area contributed by atoms with Crippen molar-refractivity contribution < 1.29 is 9.72 Å². The molecule has 0 aliphatic carbocycles. The quantitative estimate of drug-likeness (QED) is 0.602. The van der Waals surface area contributed by atoms with Gasteiger partial charge in [-0.3, -0.25) is 19.8 Å². The summed E-state index contributed by atoms with van der Waals surface area (Å²) in [7, 11) is 0. The Morgan fingerprint density at radius 2 is 1.78 bits per heavy atom. The van der Waals surface area contributed by atoms with Gasteiger partial charge in [0.1, 0.15) is 5.69 Å². The van der Waals surface area contributed by atoms with Crippen LogP contribution in [0, 0.1) is 10.1 Å². The smallest absolute Gasteiger partial charge is 0.292 e. The van der Waals surface area contributed by atoms with Crippen molar-refractivity contribution in [3.05, 3.63) is 62.6 Å². The monoisotopic (exact) mass is 408 g/mol. The number of nitro groups is 1. The predicted molar refractivity (Wildman–Crippen MR) is 107 cm³/mol. The van der Waals surface area contributed by atoms with Gasteiger partial charge in [-0.2, -0.15) is 0 Å². The van der Waals surface area contributed by atoms with E-state index in [1.807, 2.05) is 29.2 Å². The minimum atomic E-state index is -0.546. The number of nitro benzene ring substituents is 1. The molecule has 3 rings (SSSR count). The van der Waals surface area contributed by atoms with E-state index in [0.717, 1.165) is 18.8 Å². The molecule has 27 heavy (non-hydrogen) atoms. The Hall–Kier alpha value is -2.35. The maximum Gasteiger partial charge on any atom is 0.292 e. The molecular formula is C18H18Cl2N4O3. The fourth-order valence-corrected chi connectivity index (χ4v) is 3.35. The Morgan fingerprint density at radius 3 is 2.44 bits per heavy atom. The van der Waals surface area contributed by atoms with Crippen molar-refractivity contribution >= 4 is 46.2 Å². The number of piperazine rings is 1. The van der Waals surface area contributed by atoms with Crippen molar-refractivity contribution in [2.75, 3.05) is 42.9 Å². The van der Waals surface area contributed by atoms with Gasteiger partial charge in [-0.1, -0.05) is 29.3 Å². The first kappa shape index (κ1) is 19.4. The van der Waals surface area contributed by atoms with Gasteiger partial charge in [-0.15, -0.1) is 0 Å². The topological polar surface area (TPSA) is 78.7 Å². The van der Waals surface area contributed by atoms with Gasteiger partial charge in [0.05, 0.1) is 11.5 Å². The van der Waals surface area contributed by atoms with Crippen LogP contribution in [-0.2, 0) is 4.79 Å². The molecule has 0 aromatic heterocycles. The van der Waals surface area contributed by atoms with E-state index in [1.54, 1.807) is 0 Å². The summed E-state index contributed by atoms with van der Waals surface area (Å²) < 4.78 is 0. The zero-order chi connectivity index (χ0) is 19.4. The summed E-state index contributed by atoms with van der Waals surface area (Å²) in [4.78, 5) is 27.1. The van der Waals surface area contributed by atoms with Crippen molar-refractivity contribution in [3.8, 4) is 0 Å². The van der Waals surface area contributed by atoms with Gasteiger partial charge >= 0.3 is 0 Å². The molecule has 1 aliphatic heterocycles. The van der Waals surface area contributed by atoms with Crippen LogP contribution in [-0.4, -0.2) is 48.5 Å². The number of carbonyl (C=O) groups excluding carboxylic acids is 1. The lowest BCUT2D eigenvalue weighted by molar-refractivity contribution is -0.383. The molecule has 1 fully saturated rings. The van der Waals surface area contributed by atoms with Crippen molar-refractivity contribution in [2.24, 2.45) is 0 Å². The lowest BCUT2D eigenvalue weighted by Gasteiger charge is -2.35. The Kier molecular flexibility index (Phi) is 6.15. The molecular weight excluding hydrogens is 391 g/mol. The normalized spacial score (nSPS) is 14.8. The summed E-state index contributed by atoms with van der Waals surface area (Å²) in [6.45, 7) is 3.11. The number of anilines is 2. The molecule has 0 bridgehead atoms. The van der Waals surface area contributed by atoms with E-state index in [4.69, 9.17) is 23.2 Å². The highest BCUT2D eigenvalue weighted by Gasteiger charge is 2.21. The number of amides is 1. The molecule has 1 N–H and O–H groups in total. The van der Waals surface area contributed by atoms with Gasteiger partial charge in [0.2, 0.25) is 5.91 Å². The number of hydrogen-bond acceptors (Lipinski definition) is 5. The largest absolute Gasteiger partial charge is 0.369 e. The lowest BCUT2D eigenvalue weighted by atomic mass is 10.2. The van der Waals surface area contributed by atoms with Gasteiger partial charge in [0.15, 0.2) is 0 Å². The first-order chi connectivity index (χ1) is 12.9. The second-order valence-electron chi connectivity index (χ2n) is 6.21. The lowest BCUT2D eigenvalue weighted by Crippen LogP contribution is -2.48. The number of rotatable bonds is 5. The van der Waals surface area contributed by atoms with E-state index in [1.165, 1.54) is 18.2 Å². The molecule has 142 valence electrons.